The van der Waals surface area contributed by atoms with E-state index in [9.17, 15) is 13.6 Å². The standard InChI is InChI=1S/C26H24F2N4O/c1-3-24(33)21-10-9-16-6-4-8-22(25(16)30-21)32-11-5-7-17-12-19(18-14-29-31(2)15-18)20(26(27)28)13-23(17)32/h4,6,8-10,12-15,26H,3,5,7,11H2,1-2H3. The normalized spacial score (nSPS) is 13.5. The molecule has 0 N–H and O–H groups in total. The second-order valence-electron chi connectivity index (χ2n) is 8.35. The van der Waals surface area contributed by atoms with Crippen molar-refractivity contribution in [2.45, 2.75) is 32.6 Å². The van der Waals surface area contributed by atoms with Crippen molar-refractivity contribution >= 4 is 28.1 Å². The summed E-state index contributed by atoms with van der Waals surface area (Å²) in [6, 6.07) is 13.0. The molecule has 7 heteroatoms. The molecule has 5 nitrogen and oxygen atoms in total. The van der Waals surface area contributed by atoms with E-state index < -0.39 is 6.43 Å². The van der Waals surface area contributed by atoms with Crippen molar-refractivity contribution < 1.29 is 13.6 Å². The van der Waals surface area contributed by atoms with E-state index in [0.29, 0.717) is 35.3 Å². The van der Waals surface area contributed by atoms with Gasteiger partial charge in [0.05, 0.1) is 17.4 Å². The monoisotopic (exact) mass is 446 g/mol. The highest BCUT2D eigenvalue weighted by atomic mass is 19.3. The van der Waals surface area contributed by atoms with Gasteiger partial charge < -0.3 is 4.90 Å². The molecule has 2 aromatic carbocycles. The van der Waals surface area contributed by atoms with Crippen LogP contribution in [0.15, 0.2) is 54.9 Å². The Morgan fingerprint density at radius 2 is 2.00 bits per heavy atom. The molecule has 0 saturated heterocycles. The fraction of sp³-hybridized carbons (Fsp3) is 0.269. The van der Waals surface area contributed by atoms with E-state index in [0.717, 1.165) is 35.2 Å². The topological polar surface area (TPSA) is 51.0 Å². The van der Waals surface area contributed by atoms with Crippen LogP contribution in [0.1, 0.15) is 47.8 Å². The molecule has 168 valence electrons. The first-order valence-corrected chi connectivity index (χ1v) is 11.1. The highest BCUT2D eigenvalue weighted by Crippen LogP contribution is 2.42. The molecule has 0 fully saturated rings. The van der Waals surface area contributed by atoms with Crippen LogP contribution in [0.3, 0.4) is 0 Å². The van der Waals surface area contributed by atoms with Gasteiger partial charge in [-0.15, -0.1) is 0 Å². The van der Waals surface area contributed by atoms with Crippen molar-refractivity contribution in [2.75, 3.05) is 11.4 Å². The van der Waals surface area contributed by atoms with Gasteiger partial charge in [-0.05, 0) is 48.2 Å². The molecule has 2 aromatic heterocycles. The van der Waals surface area contributed by atoms with Crippen molar-refractivity contribution in [3.8, 4) is 11.1 Å². The molecule has 0 unspecified atom stereocenters. The van der Waals surface area contributed by atoms with Crippen LogP contribution in [0.4, 0.5) is 20.2 Å². The summed E-state index contributed by atoms with van der Waals surface area (Å²) >= 11 is 0. The third-order valence-electron chi connectivity index (χ3n) is 6.22. The van der Waals surface area contributed by atoms with E-state index >= 15 is 0 Å². The van der Waals surface area contributed by atoms with Crippen LogP contribution in [0.25, 0.3) is 22.0 Å². The number of carbonyl (C=O) groups is 1. The number of carbonyl (C=O) groups excluding carboxylic acids is 1. The number of para-hydroxylation sites is 1. The Kier molecular flexibility index (Phi) is 5.40. The summed E-state index contributed by atoms with van der Waals surface area (Å²) < 4.78 is 29.9. The number of benzene rings is 2. The number of fused-ring (bicyclic) bond motifs is 2. The van der Waals surface area contributed by atoms with Gasteiger partial charge in [0.2, 0.25) is 0 Å². The van der Waals surface area contributed by atoms with E-state index in [-0.39, 0.29) is 11.3 Å². The van der Waals surface area contributed by atoms with Crippen LogP contribution < -0.4 is 4.90 Å². The summed E-state index contributed by atoms with van der Waals surface area (Å²) in [6.45, 7) is 2.50. The number of aromatic nitrogens is 3. The molecule has 0 aliphatic carbocycles. The fourth-order valence-corrected chi connectivity index (χ4v) is 4.58. The minimum atomic E-state index is -2.62. The van der Waals surface area contributed by atoms with Gasteiger partial charge in [0.25, 0.3) is 6.43 Å². The predicted octanol–water partition coefficient (Wildman–Crippen LogP) is 6.25. The van der Waals surface area contributed by atoms with Gasteiger partial charge in [0, 0.05) is 48.4 Å². The summed E-state index contributed by atoms with van der Waals surface area (Å²) in [5.74, 6) is -0.0214. The first-order chi connectivity index (χ1) is 16.0. The minimum Gasteiger partial charge on any atom is -0.339 e. The first-order valence-electron chi connectivity index (χ1n) is 11.1. The molecule has 0 atom stereocenters. The summed E-state index contributed by atoms with van der Waals surface area (Å²) in [5, 5.41) is 5.07. The molecular weight excluding hydrogens is 422 g/mol. The fourth-order valence-electron chi connectivity index (χ4n) is 4.58. The lowest BCUT2D eigenvalue weighted by atomic mass is 9.92. The molecule has 0 bridgehead atoms. The van der Waals surface area contributed by atoms with Crippen LogP contribution in [-0.2, 0) is 13.5 Å². The predicted molar refractivity (Wildman–Crippen MR) is 125 cm³/mol. The third-order valence-corrected chi connectivity index (χ3v) is 6.22. The minimum absolute atomic E-state index is 0.0105. The van der Waals surface area contributed by atoms with Crippen molar-refractivity contribution in [3.63, 3.8) is 0 Å². The first kappa shape index (κ1) is 21.2. The lowest BCUT2D eigenvalue weighted by Crippen LogP contribution is -2.25. The number of anilines is 2. The van der Waals surface area contributed by atoms with Gasteiger partial charge in [-0.3, -0.25) is 9.48 Å². The zero-order valence-corrected chi connectivity index (χ0v) is 18.6. The Balaban J connectivity index is 1.68. The Hall–Kier alpha value is -3.61. The number of nitrogens with zero attached hydrogens (tertiary/aromatic N) is 4. The summed E-state index contributed by atoms with van der Waals surface area (Å²) in [6.07, 6.45) is 2.83. The van der Waals surface area contributed by atoms with Gasteiger partial charge in [-0.2, -0.15) is 5.10 Å². The van der Waals surface area contributed by atoms with Crippen molar-refractivity contribution in [1.29, 1.82) is 0 Å². The maximum Gasteiger partial charge on any atom is 0.264 e. The van der Waals surface area contributed by atoms with Gasteiger partial charge in [0.1, 0.15) is 5.69 Å². The number of alkyl halides is 2. The number of hydrogen-bond donors (Lipinski definition) is 0. The molecule has 0 saturated carbocycles. The molecular formula is C26H24F2N4O. The number of aryl methyl sites for hydroxylation is 2. The summed E-state index contributed by atoms with van der Waals surface area (Å²) in [4.78, 5) is 19.0. The van der Waals surface area contributed by atoms with Crippen LogP contribution in [0, 0.1) is 0 Å². The summed E-state index contributed by atoms with van der Waals surface area (Å²) in [5.41, 5.74) is 4.94. The second-order valence-corrected chi connectivity index (χ2v) is 8.35. The smallest absolute Gasteiger partial charge is 0.264 e. The number of Topliss-reactive ketones (excluding diaryl/α,β-unsaturated/α-hetero) is 1. The lowest BCUT2D eigenvalue weighted by Gasteiger charge is -2.33. The number of rotatable bonds is 5. The zero-order chi connectivity index (χ0) is 23.1. The average Bonchev–Trinajstić information content (AvgIpc) is 3.27. The Bertz CT molecular complexity index is 1360. The van der Waals surface area contributed by atoms with Crippen molar-refractivity contribution in [1.82, 2.24) is 14.8 Å². The van der Waals surface area contributed by atoms with Gasteiger partial charge in [-0.25, -0.2) is 13.8 Å². The van der Waals surface area contributed by atoms with Crippen molar-refractivity contribution in [3.05, 3.63) is 71.7 Å². The lowest BCUT2D eigenvalue weighted by molar-refractivity contribution is 0.0983. The third kappa shape index (κ3) is 3.77. The zero-order valence-electron chi connectivity index (χ0n) is 18.6. The molecule has 4 aromatic rings. The molecule has 0 spiro atoms. The summed E-state index contributed by atoms with van der Waals surface area (Å²) in [7, 11) is 1.77. The van der Waals surface area contributed by atoms with E-state index in [1.807, 2.05) is 37.3 Å². The molecule has 5 rings (SSSR count). The van der Waals surface area contributed by atoms with E-state index in [4.69, 9.17) is 0 Å². The molecule has 0 amide bonds. The van der Waals surface area contributed by atoms with Gasteiger partial charge >= 0.3 is 0 Å². The Morgan fingerprint density at radius 1 is 1.15 bits per heavy atom. The average molecular weight is 447 g/mol. The number of pyridine rings is 1. The second kappa shape index (κ2) is 8.39. The highest BCUT2D eigenvalue weighted by Gasteiger charge is 2.26. The van der Waals surface area contributed by atoms with Gasteiger partial charge in [-0.1, -0.05) is 25.1 Å². The Labute approximate surface area is 190 Å². The molecule has 1 aliphatic heterocycles. The quantitative estimate of drug-likeness (QED) is 0.340. The van der Waals surface area contributed by atoms with Crippen LogP contribution >= 0.6 is 0 Å². The van der Waals surface area contributed by atoms with Crippen LogP contribution in [0.2, 0.25) is 0 Å². The largest absolute Gasteiger partial charge is 0.339 e. The number of halogens is 2. The van der Waals surface area contributed by atoms with E-state index in [2.05, 4.69) is 15.0 Å². The maximum absolute atomic E-state index is 14.2. The number of ketones is 1. The number of hydrogen-bond acceptors (Lipinski definition) is 4. The SMILES string of the molecule is CCC(=O)c1ccc2cccc(N3CCCc4cc(-c5cnn(C)c5)c(C(F)F)cc43)c2n1. The van der Waals surface area contributed by atoms with E-state index in [1.165, 1.54) is 0 Å². The van der Waals surface area contributed by atoms with E-state index in [1.54, 1.807) is 36.3 Å². The van der Waals surface area contributed by atoms with Crippen LogP contribution in [0.5, 0.6) is 0 Å². The maximum atomic E-state index is 14.2. The van der Waals surface area contributed by atoms with Crippen molar-refractivity contribution in [2.24, 2.45) is 7.05 Å². The van der Waals surface area contributed by atoms with Crippen LogP contribution in [-0.4, -0.2) is 27.1 Å². The molecule has 0 radical (unpaired) electrons. The Morgan fingerprint density at radius 3 is 2.73 bits per heavy atom. The molecule has 33 heavy (non-hydrogen) atoms. The molecule has 3 heterocycles. The van der Waals surface area contributed by atoms with Gasteiger partial charge in [0.15, 0.2) is 5.78 Å². The highest BCUT2D eigenvalue weighted by molar-refractivity contribution is 5.99. The molecule has 1 aliphatic rings.